The van der Waals surface area contributed by atoms with Gasteiger partial charge in [-0.25, -0.2) is 4.98 Å². The fourth-order valence-corrected chi connectivity index (χ4v) is 2.85. The quantitative estimate of drug-likeness (QED) is 0.717. The number of aromatic nitrogens is 1. The molecule has 0 amide bonds. The van der Waals surface area contributed by atoms with E-state index >= 15 is 0 Å². The number of halogens is 1. The molecule has 78 valence electrons. The fourth-order valence-electron chi connectivity index (χ4n) is 1.78. The van der Waals surface area contributed by atoms with Crippen LogP contribution in [-0.2, 0) is 0 Å². The van der Waals surface area contributed by atoms with E-state index in [2.05, 4.69) is 44.0 Å². The van der Waals surface area contributed by atoms with Crippen LogP contribution < -0.4 is 0 Å². The number of rotatable bonds is 1. The molecule has 1 nitrogen and oxygen atoms in total. The highest BCUT2D eigenvalue weighted by Crippen LogP contribution is 2.33. The molecule has 1 heterocycles. The van der Waals surface area contributed by atoms with Gasteiger partial charge in [0, 0.05) is 10.4 Å². The van der Waals surface area contributed by atoms with Crippen LogP contribution in [0.5, 0.6) is 0 Å². The molecule has 0 fully saturated rings. The van der Waals surface area contributed by atoms with Crippen molar-refractivity contribution < 1.29 is 0 Å². The Morgan fingerprint density at radius 3 is 2.20 bits per heavy atom. The van der Waals surface area contributed by atoms with Crippen LogP contribution in [0.2, 0.25) is 4.47 Å². The molecule has 1 aromatic heterocycles. The molecule has 1 aromatic carbocycles. The molecule has 0 saturated heterocycles. The Morgan fingerprint density at radius 2 is 1.73 bits per heavy atom. The smallest absolute Gasteiger partial charge is 0.184 e. The van der Waals surface area contributed by atoms with Gasteiger partial charge in [-0.05, 0) is 31.9 Å². The van der Waals surface area contributed by atoms with E-state index in [1.807, 2.05) is 0 Å². The zero-order valence-corrected chi connectivity index (χ0v) is 10.5. The summed E-state index contributed by atoms with van der Waals surface area (Å²) in [6.07, 6.45) is 0. The maximum Gasteiger partial charge on any atom is 0.184 e. The summed E-state index contributed by atoms with van der Waals surface area (Å²) in [6, 6.07) is 6.28. The van der Waals surface area contributed by atoms with Gasteiger partial charge in [-0.2, -0.15) is 0 Å². The standard InChI is InChI=1S/C12H12ClNS/c1-7-5-4-6-8(2)10(7)11-9(3)15-12(13)14-11/h4-6H,1-3H3. The SMILES string of the molecule is Cc1cccc(C)c1-c1nc(Cl)sc1C. The first-order valence-electron chi connectivity index (χ1n) is 4.79. The molecule has 2 aromatic rings. The zero-order valence-electron chi connectivity index (χ0n) is 8.97. The van der Waals surface area contributed by atoms with Crippen molar-refractivity contribution in [1.82, 2.24) is 4.98 Å². The topological polar surface area (TPSA) is 12.9 Å². The normalized spacial score (nSPS) is 10.7. The number of hydrogen-bond acceptors (Lipinski definition) is 2. The van der Waals surface area contributed by atoms with Crippen molar-refractivity contribution in [1.29, 1.82) is 0 Å². The third-order valence-electron chi connectivity index (χ3n) is 2.49. The minimum atomic E-state index is 0.616. The third-order valence-corrected chi connectivity index (χ3v) is 3.56. The summed E-state index contributed by atoms with van der Waals surface area (Å²) in [6.45, 7) is 6.27. The number of aryl methyl sites for hydroxylation is 3. The molecule has 3 heteroatoms. The molecule has 0 N–H and O–H groups in total. The van der Waals surface area contributed by atoms with Crippen molar-refractivity contribution in [2.45, 2.75) is 20.8 Å². The third kappa shape index (κ3) is 1.92. The van der Waals surface area contributed by atoms with Gasteiger partial charge in [0.25, 0.3) is 0 Å². The summed E-state index contributed by atoms with van der Waals surface area (Å²) in [5, 5.41) is 0. The van der Waals surface area contributed by atoms with Gasteiger partial charge in [0.1, 0.15) is 0 Å². The molecule has 0 bridgehead atoms. The van der Waals surface area contributed by atoms with Crippen molar-refractivity contribution in [2.24, 2.45) is 0 Å². The van der Waals surface area contributed by atoms with Crippen LogP contribution in [0.15, 0.2) is 18.2 Å². The summed E-state index contributed by atoms with van der Waals surface area (Å²) in [7, 11) is 0. The molecule has 0 aliphatic carbocycles. The zero-order chi connectivity index (χ0) is 11.0. The van der Waals surface area contributed by atoms with Gasteiger partial charge >= 0.3 is 0 Å². The van der Waals surface area contributed by atoms with Crippen LogP contribution in [0, 0.1) is 20.8 Å². The second-order valence-electron chi connectivity index (χ2n) is 3.64. The van der Waals surface area contributed by atoms with E-state index in [1.54, 1.807) is 0 Å². The molecular weight excluding hydrogens is 226 g/mol. The van der Waals surface area contributed by atoms with E-state index in [9.17, 15) is 0 Å². The van der Waals surface area contributed by atoms with E-state index in [1.165, 1.54) is 32.9 Å². The lowest BCUT2D eigenvalue weighted by atomic mass is 10.00. The van der Waals surface area contributed by atoms with Gasteiger partial charge in [0.15, 0.2) is 4.47 Å². The van der Waals surface area contributed by atoms with Crippen molar-refractivity contribution in [3.63, 3.8) is 0 Å². The van der Waals surface area contributed by atoms with Gasteiger partial charge < -0.3 is 0 Å². The van der Waals surface area contributed by atoms with E-state index < -0.39 is 0 Å². The average molecular weight is 238 g/mol. The molecule has 0 unspecified atom stereocenters. The van der Waals surface area contributed by atoms with Crippen LogP contribution in [0.4, 0.5) is 0 Å². The van der Waals surface area contributed by atoms with Gasteiger partial charge in [-0.1, -0.05) is 29.8 Å². The van der Waals surface area contributed by atoms with E-state index in [4.69, 9.17) is 11.6 Å². The summed E-state index contributed by atoms with van der Waals surface area (Å²) in [5.74, 6) is 0. The molecular formula is C12H12ClNS. The minimum absolute atomic E-state index is 0.616. The number of thiazole rings is 1. The van der Waals surface area contributed by atoms with Crippen molar-refractivity contribution in [3.8, 4) is 11.3 Å². The highest BCUT2D eigenvalue weighted by Gasteiger charge is 2.12. The first-order chi connectivity index (χ1) is 7.09. The molecule has 0 saturated carbocycles. The Labute approximate surface area is 98.7 Å². The predicted molar refractivity (Wildman–Crippen MR) is 66.8 cm³/mol. The Morgan fingerprint density at radius 1 is 1.13 bits per heavy atom. The Bertz CT molecular complexity index is 482. The summed E-state index contributed by atoms with van der Waals surface area (Å²) in [5.41, 5.74) is 4.75. The second kappa shape index (κ2) is 3.95. The highest BCUT2D eigenvalue weighted by molar-refractivity contribution is 7.16. The predicted octanol–water partition coefficient (Wildman–Crippen LogP) is 4.39. The lowest BCUT2D eigenvalue weighted by molar-refractivity contribution is 1.30. The van der Waals surface area contributed by atoms with Gasteiger partial charge in [0.05, 0.1) is 5.69 Å². The molecule has 0 aliphatic heterocycles. The molecule has 15 heavy (non-hydrogen) atoms. The molecule has 2 rings (SSSR count). The summed E-state index contributed by atoms with van der Waals surface area (Å²) < 4.78 is 0.616. The second-order valence-corrected chi connectivity index (χ2v) is 5.42. The largest absolute Gasteiger partial charge is 0.225 e. The Hall–Kier alpha value is -0.860. The van der Waals surface area contributed by atoms with Crippen molar-refractivity contribution in [3.05, 3.63) is 38.7 Å². The molecule has 0 radical (unpaired) electrons. The molecule has 0 aliphatic rings. The van der Waals surface area contributed by atoms with E-state index in [-0.39, 0.29) is 0 Å². The molecule has 0 spiro atoms. The lowest BCUT2D eigenvalue weighted by Gasteiger charge is -2.07. The van der Waals surface area contributed by atoms with Crippen molar-refractivity contribution >= 4 is 22.9 Å². The lowest BCUT2D eigenvalue weighted by Crippen LogP contribution is -1.89. The Kier molecular flexibility index (Phi) is 2.81. The first kappa shape index (κ1) is 10.7. The average Bonchev–Trinajstić information content (AvgIpc) is 2.45. The van der Waals surface area contributed by atoms with Crippen LogP contribution in [0.25, 0.3) is 11.3 Å². The van der Waals surface area contributed by atoms with Gasteiger partial charge in [-0.15, -0.1) is 11.3 Å². The minimum Gasteiger partial charge on any atom is -0.225 e. The van der Waals surface area contributed by atoms with Crippen LogP contribution in [-0.4, -0.2) is 4.98 Å². The summed E-state index contributed by atoms with van der Waals surface area (Å²) in [4.78, 5) is 5.56. The van der Waals surface area contributed by atoms with Crippen molar-refractivity contribution in [2.75, 3.05) is 0 Å². The van der Waals surface area contributed by atoms with E-state index in [0.29, 0.717) is 4.47 Å². The van der Waals surface area contributed by atoms with Crippen LogP contribution in [0.1, 0.15) is 16.0 Å². The maximum absolute atomic E-state index is 5.93. The van der Waals surface area contributed by atoms with Gasteiger partial charge in [-0.3, -0.25) is 0 Å². The summed E-state index contributed by atoms with van der Waals surface area (Å²) >= 11 is 7.46. The monoisotopic (exact) mass is 237 g/mol. The number of hydrogen-bond donors (Lipinski definition) is 0. The van der Waals surface area contributed by atoms with Gasteiger partial charge in [0.2, 0.25) is 0 Å². The van der Waals surface area contributed by atoms with E-state index in [0.717, 1.165) is 5.69 Å². The van der Waals surface area contributed by atoms with Crippen LogP contribution in [0.3, 0.4) is 0 Å². The fraction of sp³-hybridized carbons (Fsp3) is 0.250. The Balaban J connectivity index is 2.68. The highest BCUT2D eigenvalue weighted by atomic mass is 35.5. The first-order valence-corrected chi connectivity index (χ1v) is 5.98. The number of nitrogens with zero attached hydrogens (tertiary/aromatic N) is 1. The van der Waals surface area contributed by atoms with Crippen LogP contribution >= 0.6 is 22.9 Å². The number of benzene rings is 1. The maximum atomic E-state index is 5.93. The molecule has 0 atom stereocenters.